The van der Waals surface area contributed by atoms with E-state index in [1.165, 1.54) is 25.0 Å². The standard InChI is InChI=1S/C12H13NO3/c14-12(7-9-1-2-9)8-10-3-5-11(6-4-10)13(15)16/h3-6,9H,1-2,7-8H2. The van der Waals surface area contributed by atoms with Crippen molar-refractivity contribution >= 4 is 11.5 Å². The summed E-state index contributed by atoms with van der Waals surface area (Å²) in [6.45, 7) is 0. The maximum absolute atomic E-state index is 11.5. The highest BCUT2D eigenvalue weighted by atomic mass is 16.6. The maximum Gasteiger partial charge on any atom is 0.269 e. The van der Waals surface area contributed by atoms with Gasteiger partial charge in [0.25, 0.3) is 5.69 Å². The lowest BCUT2D eigenvalue weighted by Gasteiger charge is -2.00. The van der Waals surface area contributed by atoms with E-state index in [2.05, 4.69) is 0 Å². The topological polar surface area (TPSA) is 60.2 Å². The van der Waals surface area contributed by atoms with Crippen LogP contribution < -0.4 is 0 Å². The number of carbonyl (C=O) groups excluding carboxylic acids is 1. The van der Waals surface area contributed by atoms with E-state index >= 15 is 0 Å². The Kier molecular flexibility index (Phi) is 2.99. The fourth-order valence-electron chi connectivity index (χ4n) is 1.68. The van der Waals surface area contributed by atoms with Crippen molar-refractivity contribution in [1.29, 1.82) is 0 Å². The van der Waals surface area contributed by atoms with E-state index in [9.17, 15) is 14.9 Å². The van der Waals surface area contributed by atoms with Gasteiger partial charge >= 0.3 is 0 Å². The van der Waals surface area contributed by atoms with Gasteiger partial charge in [0.2, 0.25) is 0 Å². The average molecular weight is 219 g/mol. The highest BCUT2D eigenvalue weighted by Crippen LogP contribution is 2.32. The van der Waals surface area contributed by atoms with Crippen LogP contribution in [0, 0.1) is 16.0 Å². The number of benzene rings is 1. The first-order valence-corrected chi connectivity index (χ1v) is 5.40. The Balaban J connectivity index is 1.93. The van der Waals surface area contributed by atoms with E-state index in [1.54, 1.807) is 12.1 Å². The summed E-state index contributed by atoms with van der Waals surface area (Å²) in [6.07, 6.45) is 3.41. The molecule has 0 aliphatic heterocycles. The van der Waals surface area contributed by atoms with Crippen molar-refractivity contribution < 1.29 is 9.72 Å². The van der Waals surface area contributed by atoms with Gasteiger partial charge in [0.1, 0.15) is 5.78 Å². The van der Waals surface area contributed by atoms with E-state index in [4.69, 9.17) is 0 Å². The number of ketones is 1. The fraction of sp³-hybridized carbons (Fsp3) is 0.417. The molecule has 0 bridgehead atoms. The predicted octanol–water partition coefficient (Wildman–Crippen LogP) is 2.51. The molecule has 1 saturated carbocycles. The molecule has 4 heteroatoms. The van der Waals surface area contributed by atoms with Gasteiger partial charge in [-0.2, -0.15) is 0 Å². The first-order valence-electron chi connectivity index (χ1n) is 5.40. The van der Waals surface area contributed by atoms with Gasteiger partial charge in [-0.1, -0.05) is 12.1 Å². The summed E-state index contributed by atoms with van der Waals surface area (Å²) in [5.74, 6) is 0.835. The van der Waals surface area contributed by atoms with Gasteiger partial charge < -0.3 is 0 Å². The number of carbonyl (C=O) groups is 1. The number of nitro benzene ring substituents is 1. The Morgan fingerprint density at radius 1 is 1.31 bits per heavy atom. The minimum atomic E-state index is -0.435. The van der Waals surface area contributed by atoms with Crippen LogP contribution in [0.3, 0.4) is 0 Å². The minimum absolute atomic E-state index is 0.0680. The molecule has 84 valence electrons. The van der Waals surface area contributed by atoms with Crippen LogP contribution >= 0.6 is 0 Å². The van der Waals surface area contributed by atoms with Crippen LogP contribution in [0.1, 0.15) is 24.8 Å². The molecular formula is C12H13NO3. The van der Waals surface area contributed by atoms with Gasteiger partial charge in [0.05, 0.1) is 4.92 Å². The Morgan fingerprint density at radius 3 is 2.44 bits per heavy atom. The molecule has 1 fully saturated rings. The Hall–Kier alpha value is -1.71. The van der Waals surface area contributed by atoms with Crippen molar-refractivity contribution in [2.75, 3.05) is 0 Å². The number of hydrogen-bond acceptors (Lipinski definition) is 3. The second-order valence-corrected chi connectivity index (χ2v) is 4.29. The normalized spacial score (nSPS) is 14.8. The van der Waals surface area contributed by atoms with Crippen LogP contribution in [-0.2, 0) is 11.2 Å². The molecule has 0 spiro atoms. The lowest BCUT2D eigenvalue weighted by atomic mass is 10.1. The third-order valence-corrected chi connectivity index (χ3v) is 2.76. The van der Waals surface area contributed by atoms with E-state index in [0.29, 0.717) is 18.8 Å². The van der Waals surface area contributed by atoms with Crippen molar-refractivity contribution in [3.63, 3.8) is 0 Å². The second kappa shape index (κ2) is 4.43. The molecule has 1 aromatic carbocycles. The highest BCUT2D eigenvalue weighted by Gasteiger charge is 2.24. The lowest BCUT2D eigenvalue weighted by Crippen LogP contribution is -2.03. The van der Waals surface area contributed by atoms with Gasteiger partial charge in [-0.3, -0.25) is 14.9 Å². The molecule has 1 aromatic rings. The summed E-state index contributed by atoms with van der Waals surface area (Å²) in [5.41, 5.74) is 0.926. The van der Waals surface area contributed by atoms with Crippen LogP contribution in [0.5, 0.6) is 0 Å². The zero-order chi connectivity index (χ0) is 11.5. The van der Waals surface area contributed by atoms with E-state index in [0.717, 1.165) is 5.56 Å². The number of nitro groups is 1. The van der Waals surface area contributed by atoms with E-state index in [1.807, 2.05) is 0 Å². The third-order valence-electron chi connectivity index (χ3n) is 2.76. The van der Waals surface area contributed by atoms with Crippen molar-refractivity contribution in [1.82, 2.24) is 0 Å². The molecule has 1 aliphatic rings. The van der Waals surface area contributed by atoms with Gasteiger partial charge in [0.15, 0.2) is 0 Å². The van der Waals surface area contributed by atoms with Crippen molar-refractivity contribution in [2.45, 2.75) is 25.7 Å². The summed E-state index contributed by atoms with van der Waals surface area (Å²) in [5, 5.41) is 10.4. The highest BCUT2D eigenvalue weighted by molar-refractivity contribution is 5.81. The van der Waals surface area contributed by atoms with E-state index in [-0.39, 0.29) is 11.5 Å². The smallest absolute Gasteiger partial charge is 0.269 e. The number of rotatable bonds is 5. The summed E-state index contributed by atoms with van der Waals surface area (Å²) in [7, 11) is 0. The van der Waals surface area contributed by atoms with Crippen molar-refractivity contribution in [2.24, 2.45) is 5.92 Å². The molecule has 0 heterocycles. The van der Waals surface area contributed by atoms with Crippen molar-refractivity contribution in [3.05, 3.63) is 39.9 Å². The van der Waals surface area contributed by atoms with Crippen LogP contribution in [0.25, 0.3) is 0 Å². The van der Waals surface area contributed by atoms with E-state index < -0.39 is 4.92 Å². The molecule has 16 heavy (non-hydrogen) atoms. The number of hydrogen-bond donors (Lipinski definition) is 0. The molecule has 0 unspecified atom stereocenters. The average Bonchev–Trinajstić information content (AvgIpc) is 3.02. The second-order valence-electron chi connectivity index (χ2n) is 4.29. The molecule has 0 saturated heterocycles. The van der Waals surface area contributed by atoms with Crippen LogP contribution in [0.2, 0.25) is 0 Å². The van der Waals surface area contributed by atoms with Gasteiger partial charge in [-0.25, -0.2) is 0 Å². The van der Waals surface area contributed by atoms with Crippen LogP contribution in [0.15, 0.2) is 24.3 Å². The first kappa shape index (κ1) is 10.8. The Morgan fingerprint density at radius 2 is 1.94 bits per heavy atom. The van der Waals surface area contributed by atoms with Crippen LogP contribution in [0.4, 0.5) is 5.69 Å². The first-order chi connectivity index (χ1) is 7.65. The van der Waals surface area contributed by atoms with Gasteiger partial charge in [-0.15, -0.1) is 0 Å². The fourth-order valence-corrected chi connectivity index (χ4v) is 1.68. The molecule has 0 radical (unpaired) electrons. The number of nitrogens with zero attached hydrogens (tertiary/aromatic N) is 1. The van der Waals surface area contributed by atoms with Crippen molar-refractivity contribution in [3.8, 4) is 0 Å². The number of non-ortho nitro benzene ring substituents is 1. The van der Waals surface area contributed by atoms with Gasteiger partial charge in [-0.05, 0) is 24.3 Å². The number of Topliss-reactive ketones (excluding diaryl/α,β-unsaturated/α-hetero) is 1. The molecule has 0 N–H and O–H groups in total. The molecule has 1 aliphatic carbocycles. The molecular weight excluding hydrogens is 206 g/mol. The monoisotopic (exact) mass is 219 g/mol. The molecule has 4 nitrogen and oxygen atoms in total. The third kappa shape index (κ3) is 2.89. The van der Waals surface area contributed by atoms with Gasteiger partial charge in [0, 0.05) is 25.0 Å². The molecule has 0 amide bonds. The SMILES string of the molecule is O=C(Cc1ccc([N+](=O)[O-])cc1)CC1CC1. The zero-order valence-electron chi connectivity index (χ0n) is 8.89. The Labute approximate surface area is 93.4 Å². The molecule has 0 atom stereocenters. The summed E-state index contributed by atoms with van der Waals surface area (Å²) in [4.78, 5) is 21.5. The zero-order valence-corrected chi connectivity index (χ0v) is 8.89. The predicted molar refractivity (Wildman–Crippen MR) is 59.1 cm³/mol. The van der Waals surface area contributed by atoms with Crippen LogP contribution in [-0.4, -0.2) is 10.7 Å². The summed E-state index contributed by atoms with van der Waals surface area (Å²) >= 11 is 0. The Bertz CT molecular complexity index is 407. The summed E-state index contributed by atoms with van der Waals surface area (Å²) in [6, 6.07) is 6.20. The molecule has 2 rings (SSSR count). The lowest BCUT2D eigenvalue weighted by molar-refractivity contribution is -0.384. The largest absolute Gasteiger partial charge is 0.299 e. The maximum atomic E-state index is 11.5. The molecule has 0 aromatic heterocycles. The summed E-state index contributed by atoms with van der Waals surface area (Å²) < 4.78 is 0. The quantitative estimate of drug-likeness (QED) is 0.564. The minimum Gasteiger partial charge on any atom is -0.299 e.